The minimum absolute atomic E-state index is 0.245. The maximum absolute atomic E-state index is 13.6. The highest BCUT2D eigenvalue weighted by Gasteiger charge is 2.29. The molecule has 1 N–H and O–H groups in total. The molecule has 0 radical (unpaired) electrons. The van der Waals surface area contributed by atoms with Crippen LogP contribution in [0, 0.1) is 18.6 Å². The van der Waals surface area contributed by atoms with Gasteiger partial charge in [0.15, 0.2) is 5.69 Å². The first-order valence-corrected chi connectivity index (χ1v) is 5.88. The first-order valence-electron chi connectivity index (χ1n) is 5.88. The second-order valence-electron chi connectivity index (χ2n) is 4.53. The number of aryl methyl sites for hydroxylation is 1. The van der Waals surface area contributed by atoms with Crippen LogP contribution in [0.4, 0.5) is 14.5 Å². The van der Waals surface area contributed by atoms with Gasteiger partial charge in [0, 0.05) is 23.9 Å². The van der Waals surface area contributed by atoms with Gasteiger partial charge in [-0.05, 0) is 25.5 Å². The number of anilines is 1. The Labute approximate surface area is 108 Å². The molecule has 0 bridgehead atoms. The lowest BCUT2D eigenvalue weighted by molar-refractivity contribution is 0.0984. The Kier molecular flexibility index (Phi) is 2.58. The average Bonchev–Trinajstić information content (AvgIpc) is 2.94. The van der Waals surface area contributed by atoms with Crippen LogP contribution in [0.3, 0.4) is 0 Å². The van der Waals surface area contributed by atoms with Gasteiger partial charge in [-0.1, -0.05) is 0 Å². The molecule has 1 aromatic heterocycles. The predicted molar refractivity (Wildman–Crippen MR) is 65.1 cm³/mol. The van der Waals surface area contributed by atoms with Gasteiger partial charge in [0.2, 0.25) is 0 Å². The SMILES string of the molecule is Cc1cc(C(=O)N2CCc3c(F)cc(F)cc32)n[nH]1. The van der Waals surface area contributed by atoms with Crippen LogP contribution >= 0.6 is 0 Å². The molecule has 4 nitrogen and oxygen atoms in total. The van der Waals surface area contributed by atoms with Crippen LogP contribution < -0.4 is 4.90 Å². The van der Waals surface area contributed by atoms with Gasteiger partial charge in [-0.15, -0.1) is 0 Å². The molecule has 0 unspecified atom stereocenters. The Morgan fingerprint density at radius 1 is 1.37 bits per heavy atom. The molecule has 3 rings (SSSR count). The summed E-state index contributed by atoms with van der Waals surface area (Å²) in [6.45, 7) is 2.11. The van der Waals surface area contributed by atoms with Gasteiger partial charge < -0.3 is 4.90 Å². The lowest BCUT2D eigenvalue weighted by Gasteiger charge is -2.15. The van der Waals surface area contributed by atoms with Gasteiger partial charge in [0.1, 0.15) is 11.6 Å². The van der Waals surface area contributed by atoms with E-state index in [4.69, 9.17) is 0 Å². The lowest BCUT2D eigenvalue weighted by atomic mass is 10.1. The van der Waals surface area contributed by atoms with E-state index in [0.717, 1.165) is 11.8 Å². The number of hydrogen-bond donors (Lipinski definition) is 1. The molecule has 98 valence electrons. The van der Waals surface area contributed by atoms with Crippen molar-refractivity contribution in [1.82, 2.24) is 10.2 Å². The van der Waals surface area contributed by atoms with Crippen LogP contribution in [0.1, 0.15) is 21.7 Å². The van der Waals surface area contributed by atoms with Crippen molar-refractivity contribution in [2.75, 3.05) is 11.4 Å². The van der Waals surface area contributed by atoms with Crippen LogP contribution in [0.5, 0.6) is 0 Å². The standard InChI is InChI=1S/C13H11F2N3O/c1-7-4-11(17-16-7)13(19)18-3-2-9-10(15)5-8(14)6-12(9)18/h4-6H,2-3H2,1H3,(H,16,17). The van der Waals surface area contributed by atoms with Gasteiger partial charge in [0.05, 0.1) is 5.69 Å². The summed E-state index contributed by atoms with van der Waals surface area (Å²) in [7, 11) is 0. The molecular formula is C13H11F2N3O. The fourth-order valence-corrected chi connectivity index (χ4v) is 2.30. The van der Waals surface area contributed by atoms with E-state index in [1.54, 1.807) is 13.0 Å². The minimum Gasteiger partial charge on any atom is -0.306 e. The number of nitrogens with zero attached hydrogens (tertiary/aromatic N) is 2. The number of carbonyl (C=O) groups is 1. The molecule has 0 atom stereocenters. The van der Waals surface area contributed by atoms with Crippen molar-refractivity contribution in [3.05, 3.63) is 46.8 Å². The number of amides is 1. The molecule has 0 saturated carbocycles. The number of nitrogens with one attached hydrogen (secondary N) is 1. The van der Waals surface area contributed by atoms with Crippen LogP contribution in [-0.4, -0.2) is 22.6 Å². The average molecular weight is 263 g/mol. The Morgan fingerprint density at radius 2 is 2.16 bits per heavy atom. The summed E-state index contributed by atoms with van der Waals surface area (Å²) in [5, 5.41) is 6.55. The molecule has 6 heteroatoms. The molecule has 2 heterocycles. The van der Waals surface area contributed by atoms with E-state index in [-0.39, 0.29) is 11.6 Å². The van der Waals surface area contributed by atoms with Gasteiger partial charge in [-0.2, -0.15) is 5.10 Å². The summed E-state index contributed by atoms with van der Waals surface area (Å²) in [5.74, 6) is -1.65. The summed E-state index contributed by atoms with van der Waals surface area (Å²) in [4.78, 5) is 13.6. The molecule has 0 fully saturated rings. The number of hydrogen-bond acceptors (Lipinski definition) is 2. The monoisotopic (exact) mass is 263 g/mol. The maximum atomic E-state index is 13.6. The van der Waals surface area contributed by atoms with Gasteiger partial charge in [-0.25, -0.2) is 8.78 Å². The quantitative estimate of drug-likeness (QED) is 0.857. The molecule has 1 aliphatic rings. The molecule has 19 heavy (non-hydrogen) atoms. The number of halogens is 2. The van der Waals surface area contributed by atoms with E-state index in [2.05, 4.69) is 10.2 Å². The zero-order chi connectivity index (χ0) is 13.6. The zero-order valence-electron chi connectivity index (χ0n) is 10.2. The van der Waals surface area contributed by atoms with Crippen LogP contribution in [0.25, 0.3) is 0 Å². The van der Waals surface area contributed by atoms with Gasteiger partial charge in [-0.3, -0.25) is 9.89 Å². The number of fused-ring (bicyclic) bond motifs is 1. The Morgan fingerprint density at radius 3 is 2.84 bits per heavy atom. The predicted octanol–water partition coefficient (Wildman–Crippen LogP) is 2.20. The molecule has 2 aromatic rings. The second kappa shape index (κ2) is 4.15. The van der Waals surface area contributed by atoms with Crippen LogP contribution in [0.2, 0.25) is 0 Å². The van der Waals surface area contributed by atoms with Crippen molar-refractivity contribution >= 4 is 11.6 Å². The largest absolute Gasteiger partial charge is 0.306 e. The maximum Gasteiger partial charge on any atom is 0.278 e. The first kappa shape index (κ1) is 11.8. The number of H-pyrrole nitrogens is 1. The summed E-state index contributed by atoms with van der Waals surface area (Å²) < 4.78 is 26.9. The van der Waals surface area contributed by atoms with Crippen molar-refractivity contribution < 1.29 is 13.6 Å². The summed E-state index contributed by atoms with van der Waals surface area (Å²) in [6.07, 6.45) is 0.386. The highest BCUT2D eigenvalue weighted by molar-refractivity contribution is 6.06. The number of rotatable bonds is 1. The van der Waals surface area contributed by atoms with E-state index in [9.17, 15) is 13.6 Å². The molecule has 0 saturated heterocycles. The third-order valence-electron chi connectivity index (χ3n) is 3.18. The molecule has 0 spiro atoms. The van der Waals surface area contributed by atoms with E-state index in [1.165, 1.54) is 11.0 Å². The van der Waals surface area contributed by atoms with Crippen molar-refractivity contribution in [2.45, 2.75) is 13.3 Å². The second-order valence-corrected chi connectivity index (χ2v) is 4.53. The van der Waals surface area contributed by atoms with Crippen molar-refractivity contribution in [3.8, 4) is 0 Å². The molecular weight excluding hydrogens is 252 g/mol. The number of aromatic nitrogens is 2. The van der Waals surface area contributed by atoms with Gasteiger partial charge in [0.25, 0.3) is 5.91 Å². The summed E-state index contributed by atoms with van der Waals surface area (Å²) in [5.41, 5.74) is 1.67. The van der Waals surface area contributed by atoms with E-state index >= 15 is 0 Å². The van der Waals surface area contributed by atoms with Crippen molar-refractivity contribution in [2.24, 2.45) is 0 Å². The molecule has 1 amide bonds. The third kappa shape index (κ3) is 1.89. The van der Waals surface area contributed by atoms with Crippen LogP contribution in [0.15, 0.2) is 18.2 Å². The normalized spacial score (nSPS) is 13.7. The molecule has 1 aromatic carbocycles. The van der Waals surface area contributed by atoms with Crippen LogP contribution in [-0.2, 0) is 6.42 Å². The topological polar surface area (TPSA) is 49.0 Å². The minimum atomic E-state index is -0.686. The fourth-order valence-electron chi connectivity index (χ4n) is 2.30. The number of benzene rings is 1. The zero-order valence-corrected chi connectivity index (χ0v) is 10.2. The summed E-state index contributed by atoms with van der Waals surface area (Å²) >= 11 is 0. The Bertz CT molecular complexity index is 666. The number of aromatic amines is 1. The first-order chi connectivity index (χ1) is 9.06. The van der Waals surface area contributed by atoms with Crippen molar-refractivity contribution in [1.29, 1.82) is 0 Å². The smallest absolute Gasteiger partial charge is 0.278 e. The summed E-state index contributed by atoms with van der Waals surface area (Å²) in [6, 6.07) is 3.63. The Balaban J connectivity index is 2.00. The third-order valence-corrected chi connectivity index (χ3v) is 3.18. The fraction of sp³-hybridized carbons (Fsp3) is 0.231. The Hall–Kier alpha value is -2.24. The lowest BCUT2D eigenvalue weighted by Crippen LogP contribution is -2.29. The molecule has 0 aliphatic carbocycles. The van der Waals surface area contributed by atoms with Gasteiger partial charge >= 0.3 is 0 Å². The highest BCUT2D eigenvalue weighted by atomic mass is 19.1. The van der Waals surface area contributed by atoms with E-state index in [1.807, 2.05) is 0 Å². The number of carbonyl (C=O) groups excluding carboxylic acids is 1. The van der Waals surface area contributed by atoms with E-state index in [0.29, 0.717) is 24.2 Å². The highest BCUT2D eigenvalue weighted by Crippen LogP contribution is 2.32. The van der Waals surface area contributed by atoms with Crippen molar-refractivity contribution in [3.63, 3.8) is 0 Å². The molecule has 1 aliphatic heterocycles. The van der Waals surface area contributed by atoms with E-state index < -0.39 is 11.6 Å².